The molecule has 1 N–H and O–H groups in total. The second-order valence-corrected chi connectivity index (χ2v) is 10.8. The average Bonchev–Trinajstić information content (AvgIpc) is 2.71. The van der Waals surface area contributed by atoms with Crippen LogP contribution in [0.3, 0.4) is 0 Å². The van der Waals surface area contributed by atoms with Crippen molar-refractivity contribution in [3.8, 4) is 17.0 Å². The van der Waals surface area contributed by atoms with E-state index in [4.69, 9.17) is 4.74 Å². The standard InChI is InChI=1S/C21H23N3O5S2/c1-13-12-19(14(2)15(3)21(13)29-4)31(27,28)24-17-8-6-16(7-9-17)18-10-11-20(23-22-18)30(5,25)26/h6-12,24H,1-5H3. The Kier molecular flexibility index (Phi) is 6.06. The van der Waals surface area contributed by atoms with Crippen molar-refractivity contribution in [1.82, 2.24) is 10.2 Å². The highest BCUT2D eigenvalue weighted by atomic mass is 32.2. The number of sulfonamides is 1. The van der Waals surface area contributed by atoms with Crippen LogP contribution >= 0.6 is 0 Å². The van der Waals surface area contributed by atoms with Gasteiger partial charge in [0.05, 0.1) is 17.7 Å². The van der Waals surface area contributed by atoms with E-state index in [1.165, 1.54) is 6.07 Å². The number of aryl methyl sites for hydroxylation is 1. The smallest absolute Gasteiger partial charge is 0.262 e. The van der Waals surface area contributed by atoms with Gasteiger partial charge in [-0.15, -0.1) is 10.2 Å². The molecule has 0 aliphatic carbocycles. The molecule has 0 fully saturated rings. The van der Waals surface area contributed by atoms with Crippen molar-refractivity contribution >= 4 is 25.5 Å². The number of aromatic nitrogens is 2. The van der Waals surface area contributed by atoms with Crippen LogP contribution in [0.25, 0.3) is 11.3 Å². The summed E-state index contributed by atoms with van der Waals surface area (Å²) in [6.07, 6.45) is 1.06. The molecule has 0 saturated carbocycles. The van der Waals surface area contributed by atoms with Gasteiger partial charge >= 0.3 is 0 Å². The first kappa shape index (κ1) is 22.7. The number of ether oxygens (including phenoxy) is 1. The van der Waals surface area contributed by atoms with Crippen molar-refractivity contribution < 1.29 is 21.6 Å². The molecular weight excluding hydrogens is 438 g/mol. The van der Waals surface area contributed by atoms with Gasteiger partial charge in [-0.3, -0.25) is 4.72 Å². The molecule has 0 aliphatic heterocycles. The third-order valence-corrected chi connectivity index (χ3v) is 7.41. The van der Waals surface area contributed by atoms with Gasteiger partial charge in [-0.1, -0.05) is 12.1 Å². The number of nitrogens with one attached hydrogen (secondary N) is 1. The monoisotopic (exact) mass is 461 g/mol. The summed E-state index contributed by atoms with van der Waals surface area (Å²) in [5.74, 6) is 0.670. The second kappa shape index (κ2) is 8.27. The van der Waals surface area contributed by atoms with Crippen LogP contribution in [0.5, 0.6) is 5.75 Å². The number of nitrogens with zero attached hydrogens (tertiary/aromatic N) is 2. The summed E-state index contributed by atoms with van der Waals surface area (Å²) in [7, 11) is -5.68. The number of hydrogen-bond donors (Lipinski definition) is 1. The zero-order valence-corrected chi connectivity index (χ0v) is 19.4. The predicted molar refractivity (Wildman–Crippen MR) is 119 cm³/mol. The molecule has 31 heavy (non-hydrogen) atoms. The molecule has 0 aliphatic rings. The van der Waals surface area contributed by atoms with Crippen molar-refractivity contribution in [3.63, 3.8) is 0 Å². The Morgan fingerprint density at radius 2 is 1.52 bits per heavy atom. The molecular formula is C21H23N3O5S2. The molecule has 2 aromatic carbocycles. The lowest BCUT2D eigenvalue weighted by Crippen LogP contribution is -2.15. The molecule has 1 aromatic heterocycles. The van der Waals surface area contributed by atoms with Crippen LogP contribution in [0.4, 0.5) is 5.69 Å². The lowest BCUT2D eigenvalue weighted by molar-refractivity contribution is 0.407. The maximum absolute atomic E-state index is 13.0. The minimum absolute atomic E-state index is 0.110. The minimum Gasteiger partial charge on any atom is -0.496 e. The number of methoxy groups -OCH3 is 1. The molecule has 0 amide bonds. The van der Waals surface area contributed by atoms with Gasteiger partial charge in [-0.2, -0.15) is 0 Å². The van der Waals surface area contributed by atoms with E-state index in [1.54, 1.807) is 57.4 Å². The normalized spacial score (nSPS) is 11.9. The number of sulfone groups is 1. The number of rotatable bonds is 6. The van der Waals surface area contributed by atoms with Gasteiger partial charge in [0.15, 0.2) is 14.9 Å². The van der Waals surface area contributed by atoms with Crippen LogP contribution < -0.4 is 9.46 Å². The summed E-state index contributed by atoms with van der Waals surface area (Å²) >= 11 is 0. The topological polar surface area (TPSA) is 115 Å². The lowest BCUT2D eigenvalue weighted by atomic mass is 10.1. The lowest BCUT2D eigenvalue weighted by Gasteiger charge is -2.16. The van der Waals surface area contributed by atoms with Crippen LogP contribution in [0, 0.1) is 20.8 Å². The summed E-state index contributed by atoms with van der Waals surface area (Å²) in [4.78, 5) is 0.189. The van der Waals surface area contributed by atoms with E-state index >= 15 is 0 Å². The Balaban J connectivity index is 1.87. The predicted octanol–water partition coefficient (Wildman–Crippen LogP) is 3.28. The Labute approximate surface area is 182 Å². The molecule has 0 unspecified atom stereocenters. The van der Waals surface area contributed by atoms with Crippen LogP contribution in [0.1, 0.15) is 16.7 Å². The highest BCUT2D eigenvalue weighted by Crippen LogP contribution is 2.32. The van der Waals surface area contributed by atoms with E-state index in [2.05, 4.69) is 14.9 Å². The quantitative estimate of drug-likeness (QED) is 0.599. The summed E-state index contributed by atoms with van der Waals surface area (Å²) in [6.45, 7) is 5.37. The van der Waals surface area contributed by atoms with Crippen LogP contribution in [-0.2, 0) is 19.9 Å². The van der Waals surface area contributed by atoms with E-state index in [0.29, 0.717) is 28.3 Å². The van der Waals surface area contributed by atoms with Crippen molar-refractivity contribution in [2.75, 3.05) is 18.1 Å². The molecule has 10 heteroatoms. The Morgan fingerprint density at radius 3 is 2.03 bits per heavy atom. The fraction of sp³-hybridized carbons (Fsp3) is 0.238. The van der Waals surface area contributed by atoms with E-state index in [9.17, 15) is 16.8 Å². The molecule has 0 atom stereocenters. The van der Waals surface area contributed by atoms with Gasteiger partial charge in [0.25, 0.3) is 10.0 Å². The van der Waals surface area contributed by atoms with Crippen molar-refractivity contribution in [3.05, 3.63) is 59.2 Å². The average molecular weight is 462 g/mol. The number of anilines is 1. The fourth-order valence-electron chi connectivity index (χ4n) is 3.21. The zero-order chi connectivity index (χ0) is 23.0. The molecule has 0 saturated heterocycles. The van der Waals surface area contributed by atoms with Gasteiger partial charge in [0, 0.05) is 17.5 Å². The van der Waals surface area contributed by atoms with E-state index in [0.717, 1.165) is 17.4 Å². The highest BCUT2D eigenvalue weighted by molar-refractivity contribution is 7.92. The van der Waals surface area contributed by atoms with E-state index in [-0.39, 0.29) is 9.92 Å². The molecule has 0 spiro atoms. The van der Waals surface area contributed by atoms with Gasteiger partial charge < -0.3 is 4.74 Å². The number of hydrogen-bond acceptors (Lipinski definition) is 7. The van der Waals surface area contributed by atoms with Crippen LogP contribution in [0.2, 0.25) is 0 Å². The first-order valence-corrected chi connectivity index (χ1v) is 12.6. The van der Waals surface area contributed by atoms with Gasteiger partial charge in [0.1, 0.15) is 5.75 Å². The molecule has 1 heterocycles. The van der Waals surface area contributed by atoms with Gasteiger partial charge in [0.2, 0.25) is 0 Å². The Bertz CT molecular complexity index is 1330. The maximum Gasteiger partial charge on any atom is 0.262 e. The maximum atomic E-state index is 13.0. The third kappa shape index (κ3) is 4.70. The second-order valence-electron chi connectivity index (χ2n) is 7.19. The zero-order valence-electron chi connectivity index (χ0n) is 17.8. The summed E-state index contributed by atoms with van der Waals surface area (Å²) in [5.41, 5.74) is 3.65. The van der Waals surface area contributed by atoms with Gasteiger partial charge in [-0.05, 0) is 67.8 Å². The summed E-state index contributed by atoms with van der Waals surface area (Å²) < 4.78 is 56.9. The van der Waals surface area contributed by atoms with E-state index in [1.807, 2.05) is 6.92 Å². The SMILES string of the molecule is COc1c(C)cc(S(=O)(=O)Nc2ccc(-c3ccc(S(C)(=O)=O)nn3)cc2)c(C)c1C. The Morgan fingerprint density at radius 1 is 0.871 bits per heavy atom. The van der Waals surface area contributed by atoms with E-state index < -0.39 is 19.9 Å². The minimum atomic E-state index is -3.81. The van der Waals surface area contributed by atoms with Crippen molar-refractivity contribution in [2.24, 2.45) is 0 Å². The summed E-state index contributed by atoms with van der Waals surface area (Å²) in [5, 5.41) is 7.55. The van der Waals surface area contributed by atoms with Crippen molar-refractivity contribution in [2.45, 2.75) is 30.7 Å². The molecule has 8 nitrogen and oxygen atoms in total. The molecule has 164 valence electrons. The molecule has 0 bridgehead atoms. The molecule has 3 rings (SSSR count). The third-order valence-electron chi connectivity index (χ3n) is 4.92. The highest BCUT2D eigenvalue weighted by Gasteiger charge is 2.21. The largest absolute Gasteiger partial charge is 0.496 e. The van der Waals surface area contributed by atoms with Crippen molar-refractivity contribution in [1.29, 1.82) is 0 Å². The van der Waals surface area contributed by atoms with Crippen LogP contribution in [0.15, 0.2) is 52.4 Å². The molecule has 0 radical (unpaired) electrons. The van der Waals surface area contributed by atoms with Gasteiger partial charge in [-0.25, -0.2) is 16.8 Å². The first-order valence-electron chi connectivity index (χ1n) is 9.26. The Hall–Kier alpha value is -2.98. The fourth-order valence-corrected chi connectivity index (χ4v) is 5.15. The molecule has 3 aromatic rings. The summed E-state index contributed by atoms with van der Waals surface area (Å²) in [6, 6.07) is 11.1. The van der Waals surface area contributed by atoms with Crippen LogP contribution in [-0.4, -0.2) is 40.4 Å². The number of benzene rings is 2. The first-order chi connectivity index (χ1) is 14.4.